The smallest absolute Gasteiger partial charge is 0.248 e. The van der Waals surface area contributed by atoms with E-state index in [9.17, 15) is 0 Å². The second-order valence-corrected chi connectivity index (χ2v) is 8.51. The zero-order chi connectivity index (χ0) is 24.2. The van der Waals surface area contributed by atoms with Crippen molar-refractivity contribution < 1.29 is 4.42 Å². The summed E-state index contributed by atoms with van der Waals surface area (Å²) < 4.78 is 7.59. The van der Waals surface area contributed by atoms with Gasteiger partial charge in [-0.05, 0) is 60.9 Å². The molecule has 170 valence electrons. The van der Waals surface area contributed by atoms with Crippen LogP contribution >= 0.6 is 23.4 Å². The highest BCUT2D eigenvalue weighted by Crippen LogP contribution is 2.28. The predicted molar refractivity (Wildman–Crippen MR) is 135 cm³/mol. The Morgan fingerprint density at radius 3 is 2.51 bits per heavy atom. The first-order valence-corrected chi connectivity index (χ1v) is 12.0. The topological polar surface area (TPSA) is 106 Å². The molecule has 0 bridgehead atoms. The van der Waals surface area contributed by atoms with E-state index in [1.54, 1.807) is 60.4 Å². The zero-order valence-electron chi connectivity index (χ0n) is 18.3. The van der Waals surface area contributed by atoms with Crippen LogP contribution in [0.3, 0.4) is 0 Å². The van der Waals surface area contributed by atoms with Crippen molar-refractivity contribution in [3.8, 4) is 34.7 Å². The van der Waals surface area contributed by atoms with Crippen LogP contribution in [0.1, 0.15) is 17.3 Å². The highest BCUT2D eigenvalue weighted by atomic mass is 35.5. The molecule has 8 nitrogen and oxygen atoms in total. The number of thioether (sulfide) groups is 1. The molecule has 5 rings (SSSR count). The molecule has 0 saturated heterocycles. The zero-order valence-corrected chi connectivity index (χ0v) is 19.9. The van der Waals surface area contributed by atoms with E-state index in [-0.39, 0.29) is 0 Å². The quantitative estimate of drug-likeness (QED) is 0.271. The minimum Gasteiger partial charge on any atom is -0.417 e. The van der Waals surface area contributed by atoms with Gasteiger partial charge in [0.05, 0.1) is 22.3 Å². The first-order valence-electron chi connectivity index (χ1n) is 10.4. The highest BCUT2D eigenvalue weighted by molar-refractivity contribution is 7.98. The van der Waals surface area contributed by atoms with Gasteiger partial charge in [0.1, 0.15) is 5.69 Å². The molecule has 0 amide bonds. The maximum absolute atomic E-state index is 8.96. The lowest BCUT2D eigenvalue weighted by atomic mass is 10.1. The second kappa shape index (κ2) is 9.93. The van der Waals surface area contributed by atoms with Gasteiger partial charge in [-0.2, -0.15) is 5.26 Å². The van der Waals surface area contributed by atoms with E-state index >= 15 is 0 Å². The van der Waals surface area contributed by atoms with Gasteiger partial charge in [-0.15, -0.1) is 32.2 Å². The molecule has 0 fully saturated rings. The third-order valence-corrected chi connectivity index (χ3v) is 6.09. The van der Waals surface area contributed by atoms with Crippen molar-refractivity contribution in [1.29, 1.82) is 5.26 Å². The fraction of sp³-hybridized carbons (Fsp3) is 0.0400. The Balaban J connectivity index is 1.51. The highest BCUT2D eigenvalue weighted by Gasteiger charge is 2.17. The van der Waals surface area contributed by atoms with Crippen molar-refractivity contribution in [2.45, 2.75) is 4.90 Å². The number of aromatic nitrogens is 6. The first kappa shape index (κ1) is 22.5. The molecule has 0 spiro atoms. The van der Waals surface area contributed by atoms with Crippen LogP contribution < -0.4 is 0 Å². The molecule has 0 aliphatic rings. The van der Waals surface area contributed by atoms with Crippen LogP contribution in [0.4, 0.5) is 0 Å². The lowest BCUT2D eigenvalue weighted by Gasteiger charge is -2.10. The van der Waals surface area contributed by atoms with Gasteiger partial charge >= 0.3 is 0 Å². The summed E-state index contributed by atoms with van der Waals surface area (Å²) in [7, 11) is 0. The number of rotatable bonds is 6. The lowest BCUT2D eigenvalue weighted by Crippen LogP contribution is -2.02. The number of hydrogen-bond acceptors (Lipinski definition) is 8. The van der Waals surface area contributed by atoms with E-state index < -0.39 is 0 Å². The van der Waals surface area contributed by atoms with Gasteiger partial charge in [-0.25, -0.2) is 0 Å². The van der Waals surface area contributed by atoms with Gasteiger partial charge in [-0.1, -0.05) is 23.7 Å². The summed E-state index contributed by atoms with van der Waals surface area (Å²) in [6.45, 7) is 0. The van der Waals surface area contributed by atoms with E-state index in [1.165, 1.54) is 0 Å². The van der Waals surface area contributed by atoms with Gasteiger partial charge in [0, 0.05) is 22.7 Å². The van der Waals surface area contributed by atoms with Crippen LogP contribution in [0.15, 0.2) is 76.2 Å². The van der Waals surface area contributed by atoms with Crippen molar-refractivity contribution in [2.75, 3.05) is 6.26 Å². The van der Waals surface area contributed by atoms with Crippen molar-refractivity contribution in [3.63, 3.8) is 0 Å². The fourth-order valence-electron chi connectivity index (χ4n) is 3.33. The molecule has 10 heteroatoms. The summed E-state index contributed by atoms with van der Waals surface area (Å²) in [5.41, 5.74) is 2.65. The third kappa shape index (κ3) is 4.71. The Kier molecular flexibility index (Phi) is 6.39. The number of hydrogen-bond donors (Lipinski definition) is 0. The summed E-state index contributed by atoms with van der Waals surface area (Å²) in [6, 6.07) is 20.3. The fourth-order valence-corrected chi connectivity index (χ4v) is 3.91. The molecule has 3 aromatic heterocycles. The second-order valence-electron chi connectivity index (χ2n) is 7.22. The summed E-state index contributed by atoms with van der Waals surface area (Å²) in [5, 5.41) is 26.4. The number of pyridine rings is 1. The third-order valence-electron chi connectivity index (χ3n) is 5.06. The number of nitrogens with zero attached hydrogens (tertiary/aromatic N) is 7. The molecule has 0 unspecified atom stereocenters. The Bertz CT molecular complexity index is 1550. The molecule has 35 heavy (non-hydrogen) atoms. The van der Waals surface area contributed by atoms with Crippen LogP contribution in [-0.2, 0) is 0 Å². The maximum Gasteiger partial charge on any atom is 0.248 e. The van der Waals surface area contributed by atoms with E-state index in [0.717, 1.165) is 10.5 Å². The van der Waals surface area contributed by atoms with Crippen molar-refractivity contribution in [1.82, 2.24) is 29.9 Å². The van der Waals surface area contributed by atoms with E-state index in [2.05, 4.69) is 31.4 Å². The molecular formula is C25H16ClN7OS. The number of halogens is 1. The van der Waals surface area contributed by atoms with Crippen LogP contribution in [-0.4, -0.2) is 36.2 Å². The normalized spacial score (nSPS) is 11.1. The molecule has 2 aromatic carbocycles. The largest absolute Gasteiger partial charge is 0.417 e. The lowest BCUT2D eigenvalue weighted by molar-refractivity contribution is 0.558. The Labute approximate surface area is 209 Å². The van der Waals surface area contributed by atoms with Crippen molar-refractivity contribution in [2.24, 2.45) is 0 Å². The summed E-state index contributed by atoms with van der Waals surface area (Å²) >= 11 is 8.13. The molecular weight excluding hydrogens is 482 g/mol. The molecule has 0 aliphatic heterocycles. The average Bonchev–Trinajstić information content (AvgIpc) is 3.55. The number of benzene rings is 2. The van der Waals surface area contributed by atoms with Gasteiger partial charge in [0.2, 0.25) is 11.8 Å². The molecule has 3 heterocycles. The monoisotopic (exact) mass is 497 g/mol. The Morgan fingerprint density at radius 2 is 1.80 bits per heavy atom. The SMILES string of the molecule is CSc1ccc(-c2nnc(/C=C/c3nnc(-c4ccc(C#N)cc4)o3)n2-c2ccccc2Cl)nc1. The van der Waals surface area contributed by atoms with E-state index in [4.69, 9.17) is 21.3 Å². The first-order chi connectivity index (χ1) is 17.2. The van der Waals surface area contributed by atoms with Crippen molar-refractivity contribution >= 4 is 35.5 Å². The minimum atomic E-state index is 0.294. The minimum absolute atomic E-state index is 0.294. The van der Waals surface area contributed by atoms with E-state index in [0.29, 0.717) is 45.4 Å². The van der Waals surface area contributed by atoms with Gasteiger partial charge < -0.3 is 4.42 Å². The molecule has 0 atom stereocenters. The van der Waals surface area contributed by atoms with Gasteiger partial charge in [0.25, 0.3) is 0 Å². The number of para-hydroxylation sites is 1. The van der Waals surface area contributed by atoms with Crippen molar-refractivity contribution in [3.05, 3.63) is 89.2 Å². The van der Waals surface area contributed by atoms with E-state index in [1.807, 2.05) is 41.2 Å². The summed E-state index contributed by atoms with van der Waals surface area (Å²) in [4.78, 5) is 5.59. The standard InChI is InChI=1S/C25H16ClN7OS/c1-35-18-10-11-20(28-15-18)24-31-29-22(33(24)21-5-3-2-4-19(21)26)12-13-23-30-32-25(34-23)17-8-6-16(14-27)7-9-17/h2-13,15H,1H3/b13-12+. The van der Waals surface area contributed by atoms with Crippen LogP contribution in [0.2, 0.25) is 5.02 Å². The Morgan fingerprint density at radius 1 is 0.971 bits per heavy atom. The van der Waals surface area contributed by atoms with Gasteiger partial charge in [0.15, 0.2) is 11.6 Å². The van der Waals surface area contributed by atoms with Crippen LogP contribution in [0.5, 0.6) is 0 Å². The summed E-state index contributed by atoms with van der Waals surface area (Å²) in [6.07, 6.45) is 7.18. The molecule has 0 radical (unpaired) electrons. The molecule has 0 aliphatic carbocycles. The number of nitriles is 1. The van der Waals surface area contributed by atoms with Gasteiger partial charge in [-0.3, -0.25) is 9.55 Å². The Hall–Kier alpha value is -4.26. The molecule has 5 aromatic rings. The molecule has 0 saturated carbocycles. The average molecular weight is 498 g/mol. The summed E-state index contributed by atoms with van der Waals surface area (Å²) in [5.74, 6) is 1.71. The maximum atomic E-state index is 8.96. The predicted octanol–water partition coefficient (Wildman–Crippen LogP) is 5.80. The molecule has 0 N–H and O–H groups in total. The van der Waals surface area contributed by atoms with Crippen LogP contribution in [0, 0.1) is 11.3 Å². The van der Waals surface area contributed by atoms with Crippen LogP contribution in [0.25, 0.3) is 40.8 Å².